The number of nitrogen functional groups attached to an aromatic ring is 1. The van der Waals surface area contributed by atoms with Gasteiger partial charge in [0.25, 0.3) is 5.91 Å². The van der Waals surface area contributed by atoms with Crippen molar-refractivity contribution in [3.8, 4) is 0 Å². The van der Waals surface area contributed by atoms with E-state index < -0.39 is 16.9 Å². The highest BCUT2D eigenvalue weighted by Gasteiger charge is 2.13. The predicted octanol–water partition coefficient (Wildman–Crippen LogP) is -0.904. The van der Waals surface area contributed by atoms with Gasteiger partial charge in [-0.15, -0.1) is 0 Å². The molecular formula is C6H10N4O2S. The Balaban J connectivity index is 3.09. The van der Waals surface area contributed by atoms with E-state index in [1.165, 1.54) is 6.20 Å². The van der Waals surface area contributed by atoms with Crippen molar-refractivity contribution < 1.29 is 9.00 Å². The van der Waals surface area contributed by atoms with Gasteiger partial charge in [-0.25, -0.2) is 4.21 Å². The molecule has 1 unspecified atom stereocenters. The molecule has 0 aliphatic heterocycles. The lowest BCUT2D eigenvalue weighted by molar-refractivity contribution is 0.0996. The van der Waals surface area contributed by atoms with Crippen LogP contribution in [0.5, 0.6) is 0 Å². The molecule has 72 valence electrons. The average molecular weight is 202 g/mol. The SMILES string of the molecule is CCS(=O)n1cc(N)c(C(N)=O)n1. The molecule has 0 fully saturated rings. The second-order valence-electron chi connectivity index (χ2n) is 2.31. The zero-order valence-corrected chi connectivity index (χ0v) is 7.87. The van der Waals surface area contributed by atoms with Gasteiger partial charge in [-0.3, -0.25) is 4.79 Å². The lowest BCUT2D eigenvalue weighted by Crippen LogP contribution is -2.15. The smallest absolute Gasteiger partial charge is 0.271 e. The van der Waals surface area contributed by atoms with E-state index in [0.717, 1.165) is 4.09 Å². The van der Waals surface area contributed by atoms with Crippen LogP contribution in [0.2, 0.25) is 0 Å². The number of aromatic nitrogens is 2. The number of amides is 1. The van der Waals surface area contributed by atoms with Crippen molar-refractivity contribution in [3.05, 3.63) is 11.9 Å². The topological polar surface area (TPSA) is 104 Å². The monoisotopic (exact) mass is 202 g/mol. The standard InChI is InChI=1S/C6H10N4O2S/c1-2-13(12)10-3-4(7)5(9-10)6(8)11/h3H,2,7H2,1H3,(H2,8,11). The first kappa shape index (κ1) is 9.72. The first-order valence-corrected chi connectivity index (χ1v) is 4.87. The Kier molecular flexibility index (Phi) is 2.66. The molecule has 4 N–H and O–H groups in total. The maximum Gasteiger partial charge on any atom is 0.271 e. The minimum atomic E-state index is -1.28. The Morgan fingerprint density at radius 1 is 1.77 bits per heavy atom. The van der Waals surface area contributed by atoms with Crippen LogP contribution in [0.4, 0.5) is 5.69 Å². The number of carbonyl (C=O) groups is 1. The van der Waals surface area contributed by atoms with Gasteiger partial charge in [0.1, 0.15) is 11.0 Å². The summed E-state index contributed by atoms with van der Waals surface area (Å²) in [7, 11) is -1.28. The van der Waals surface area contributed by atoms with Gasteiger partial charge in [0.2, 0.25) is 0 Å². The van der Waals surface area contributed by atoms with Crippen LogP contribution in [0.25, 0.3) is 0 Å². The molecule has 1 aromatic heterocycles. The molecule has 0 saturated carbocycles. The van der Waals surface area contributed by atoms with Crippen molar-refractivity contribution in [2.24, 2.45) is 5.73 Å². The number of nitrogens with two attached hydrogens (primary N) is 2. The molecule has 1 heterocycles. The summed E-state index contributed by atoms with van der Waals surface area (Å²) >= 11 is 0. The highest BCUT2D eigenvalue weighted by atomic mass is 32.2. The van der Waals surface area contributed by atoms with E-state index in [1.807, 2.05) is 0 Å². The molecule has 0 radical (unpaired) electrons. The van der Waals surface area contributed by atoms with Crippen molar-refractivity contribution in [1.82, 2.24) is 9.19 Å². The molecule has 6 nitrogen and oxygen atoms in total. The fourth-order valence-electron chi connectivity index (χ4n) is 0.793. The molecule has 0 aliphatic carbocycles. The van der Waals surface area contributed by atoms with Gasteiger partial charge < -0.3 is 11.5 Å². The highest BCUT2D eigenvalue weighted by molar-refractivity contribution is 7.83. The summed E-state index contributed by atoms with van der Waals surface area (Å²) in [5.41, 5.74) is 10.5. The fraction of sp³-hybridized carbons (Fsp3) is 0.333. The van der Waals surface area contributed by atoms with Gasteiger partial charge in [0, 0.05) is 5.75 Å². The summed E-state index contributed by atoms with van der Waals surface area (Å²) < 4.78 is 12.3. The lowest BCUT2D eigenvalue weighted by atomic mass is 10.4. The number of carbonyl (C=O) groups excluding carboxylic acids is 1. The molecule has 1 aromatic rings. The zero-order valence-electron chi connectivity index (χ0n) is 7.06. The Labute approximate surface area is 77.5 Å². The van der Waals surface area contributed by atoms with Crippen molar-refractivity contribution in [2.45, 2.75) is 6.92 Å². The number of nitrogens with zero attached hydrogens (tertiary/aromatic N) is 2. The molecule has 1 amide bonds. The van der Waals surface area contributed by atoms with Crippen LogP contribution >= 0.6 is 0 Å². The van der Waals surface area contributed by atoms with Gasteiger partial charge in [-0.1, -0.05) is 6.92 Å². The molecule has 0 bridgehead atoms. The maximum absolute atomic E-state index is 11.2. The average Bonchev–Trinajstić information content (AvgIpc) is 2.46. The van der Waals surface area contributed by atoms with Gasteiger partial charge in [-0.2, -0.15) is 9.19 Å². The van der Waals surface area contributed by atoms with Crippen LogP contribution in [0.1, 0.15) is 17.4 Å². The highest BCUT2D eigenvalue weighted by Crippen LogP contribution is 2.08. The van der Waals surface area contributed by atoms with E-state index in [4.69, 9.17) is 11.5 Å². The van der Waals surface area contributed by atoms with Crippen molar-refractivity contribution >= 4 is 22.6 Å². The normalized spacial score (nSPS) is 12.7. The summed E-state index contributed by atoms with van der Waals surface area (Å²) in [5.74, 6) is -0.316. The van der Waals surface area contributed by atoms with Gasteiger partial charge in [0.15, 0.2) is 5.69 Å². The molecule has 0 spiro atoms. The lowest BCUT2D eigenvalue weighted by Gasteiger charge is -1.94. The second kappa shape index (κ2) is 3.56. The predicted molar refractivity (Wildman–Crippen MR) is 49.2 cm³/mol. The van der Waals surface area contributed by atoms with Gasteiger partial charge in [-0.05, 0) is 0 Å². The summed E-state index contributed by atoms with van der Waals surface area (Å²) in [4.78, 5) is 10.7. The van der Waals surface area contributed by atoms with Crippen molar-refractivity contribution in [3.63, 3.8) is 0 Å². The van der Waals surface area contributed by atoms with Crippen molar-refractivity contribution in [1.29, 1.82) is 0 Å². The van der Waals surface area contributed by atoms with E-state index in [2.05, 4.69) is 5.10 Å². The number of anilines is 1. The molecule has 1 rings (SSSR count). The maximum atomic E-state index is 11.2. The first-order valence-electron chi connectivity index (χ1n) is 3.60. The van der Waals surface area contributed by atoms with E-state index in [0.29, 0.717) is 5.75 Å². The van der Waals surface area contributed by atoms with Crippen LogP contribution in [-0.4, -0.2) is 25.1 Å². The van der Waals surface area contributed by atoms with E-state index in [9.17, 15) is 9.00 Å². The Hall–Kier alpha value is -1.37. The quantitative estimate of drug-likeness (QED) is 0.662. The van der Waals surface area contributed by atoms with E-state index in [-0.39, 0.29) is 11.4 Å². The molecule has 1 atom stereocenters. The fourth-order valence-corrected chi connectivity index (χ4v) is 1.46. The first-order chi connectivity index (χ1) is 6.06. The summed E-state index contributed by atoms with van der Waals surface area (Å²) in [6.07, 6.45) is 1.33. The molecule has 0 aromatic carbocycles. The number of hydrogen-bond acceptors (Lipinski definition) is 4. The molecular weight excluding hydrogens is 192 g/mol. The molecule has 7 heteroatoms. The Bertz CT molecular complexity index is 360. The van der Waals surface area contributed by atoms with Gasteiger partial charge in [0.05, 0.1) is 11.9 Å². The van der Waals surface area contributed by atoms with Gasteiger partial charge >= 0.3 is 0 Å². The third-order valence-electron chi connectivity index (χ3n) is 1.41. The molecule has 13 heavy (non-hydrogen) atoms. The Morgan fingerprint density at radius 2 is 2.38 bits per heavy atom. The minimum Gasteiger partial charge on any atom is -0.395 e. The van der Waals surface area contributed by atoms with Crippen molar-refractivity contribution in [2.75, 3.05) is 11.5 Å². The summed E-state index contributed by atoms with van der Waals surface area (Å²) in [6, 6.07) is 0. The Morgan fingerprint density at radius 3 is 2.77 bits per heavy atom. The number of hydrogen-bond donors (Lipinski definition) is 2. The third-order valence-corrected chi connectivity index (χ3v) is 2.51. The van der Waals surface area contributed by atoms with E-state index >= 15 is 0 Å². The largest absolute Gasteiger partial charge is 0.395 e. The summed E-state index contributed by atoms with van der Waals surface area (Å²) in [5, 5.41) is 3.70. The van der Waals surface area contributed by atoms with Crippen LogP contribution < -0.4 is 11.5 Å². The minimum absolute atomic E-state index is 0.0400. The summed E-state index contributed by atoms with van der Waals surface area (Å²) in [6.45, 7) is 1.73. The zero-order chi connectivity index (χ0) is 10.0. The van der Waals surface area contributed by atoms with Crippen LogP contribution in [0.15, 0.2) is 6.20 Å². The van der Waals surface area contributed by atoms with Crippen LogP contribution in [-0.2, 0) is 11.0 Å². The van der Waals surface area contributed by atoms with Crippen LogP contribution in [0, 0.1) is 0 Å². The number of primary amides is 1. The number of rotatable bonds is 3. The molecule has 0 saturated heterocycles. The molecule has 0 aliphatic rings. The second-order valence-corrected chi connectivity index (χ2v) is 3.90. The van der Waals surface area contributed by atoms with Crippen LogP contribution in [0.3, 0.4) is 0 Å². The van der Waals surface area contributed by atoms with E-state index in [1.54, 1.807) is 6.92 Å². The third kappa shape index (κ3) is 1.86.